The number of hydrogen-bond acceptors (Lipinski definition) is 6. The number of hydrogen-bond donors (Lipinski definition) is 3. The quantitative estimate of drug-likeness (QED) is 0.445. The number of anilines is 1. The van der Waals surface area contributed by atoms with Crippen LogP contribution >= 0.6 is 11.6 Å². The molecule has 2 rings (SSSR count). The summed E-state index contributed by atoms with van der Waals surface area (Å²) in [6.45, 7) is 3.63. The van der Waals surface area contributed by atoms with Crippen molar-refractivity contribution in [3.8, 4) is 0 Å². The fourth-order valence-electron chi connectivity index (χ4n) is 2.34. The number of carbonyl (C=O) groups excluding carboxylic acids is 1. The molecule has 3 N–H and O–H groups in total. The second-order valence-electron chi connectivity index (χ2n) is 6.13. The number of sulfonamides is 1. The Morgan fingerprint density at radius 1 is 1.37 bits per heavy atom. The first kappa shape index (κ1) is 20.8. The number of carbonyl (C=O) groups is 1. The smallest absolute Gasteiger partial charge is 0.290 e. The summed E-state index contributed by atoms with van der Waals surface area (Å²) in [4.78, 5) is 22.3. The molecule has 1 heterocycles. The van der Waals surface area contributed by atoms with Gasteiger partial charge < -0.3 is 5.32 Å². The van der Waals surface area contributed by atoms with Crippen LogP contribution in [0.2, 0.25) is 5.02 Å². The van der Waals surface area contributed by atoms with E-state index in [0.717, 1.165) is 12.1 Å². The van der Waals surface area contributed by atoms with Crippen LogP contribution in [0.25, 0.3) is 0 Å². The third kappa shape index (κ3) is 5.49. The number of aromatic nitrogens is 2. The van der Waals surface area contributed by atoms with Crippen molar-refractivity contribution in [1.82, 2.24) is 14.9 Å². The van der Waals surface area contributed by atoms with E-state index < -0.39 is 37.5 Å². The Kier molecular flexibility index (Phi) is 6.52. The molecule has 1 aromatic carbocycles. The number of nitrogens with one attached hydrogen (secondary N) is 3. The largest absolute Gasteiger partial charge is 0.310 e. The molecule has 27 heavy (non-hydrogen) atoms. The first-order valence-electron chi connectivity index (χ1n) is 7.86. The molecule has 0 unspecified atom stereocenters. The molecule has 0 aliphatic carbocycles. The summed E-state index contributed by atoms with van der Waals surface area (Å²) >= 11 is 5.72. The average Bonchev–Trinajstić information content (AvgIpc) is 3.06. The predicted molar refractivity (Wildman–Crippen MR) is 98.9 cm³/mol. The van der Waals surface area contributed by atoms with Crippen molar-refractivity contribution in [3.63, 3.8) is 0 Å². The number of aromatic amines is 1. The van der Waals surface area contributed by atoms with Gasteiger partial charge in [0, 0.05) is 17.2 Å². The standard InChI is InChI=1S/C15H18ClN5O5S/c1-9(2)7-11(15(22)18-14-5-6-17-19-14)20-27(25,26)13-4-3-10(16)8-12(13)21(23)24/h3-6,8-9,11,20H,7H2,1-2H3,(H2,17,18,19,22)/t11-/m0/s1. The van der Waals surface area contributed by atoms with Gasteiger partial charge in [0.25, 0.3) is 5.69 Å². The SMILES string of the molecule is CC(C)C[C@H](NS(=O)(=O)c1ccc(Cl)cc1[N+](=O)[O-])C(=O)Nc1ccn[nH]1. The molecule has 0 bridgehead atoms. The number of amides is 1. The zero-order chi connectivity index (χ0) is 20.2. The number of rotatable bonds is 8. The molecule has 0 fully saturated rings. The van der Waals surface area contributed by atoms with Gasteiger partial charge in [-0.3, -0.25) is 20.0 Å². The molecular weight excluding hydrogens is 398 g/mol. The number of H-pyrrole nitrogens is 1. The highest BCUT2D eigenvalue weighted by atomic mass is 35.5. The summed E-state index contributed by atoms with van der Waals surface area (Å²) in [6, 6.07) is 3.56. The molecule has 2 aromatic rings. The van der Waals surface area contributed by atoms with Gasteiger partial charge in [-0.1, -0.05) is 25.4 Å². The molecule has 10 nitrogen and oxygen atoms in total. The lowest BCUT2D eigenvalue weighted by atomic mass is 10.0. The van der Waals surface area contributed by atoms with Crippen LogP contribution in [0.1, 0.15) is 20.3 Å². The van der Waals surface area contributed by atoms with Crippen molar-refractivity contribution in [2.24, 2.45) is 5.92 Å². The number of benzene rings is 1. The summed E-state index contributed by atoms with van der Waals surface area (Å²) < 4.78 is 27.7. The highest BCUT2D eigenvalue weighted by Gasteiger charge is 2.31. The van der Waals surface area contributed by atoms with Gasteiger partial charge in [0.15, 0.2) is 4.90 Å². The number of nitro groups is 1. The van der Waals surface area contributed by atoms with Crippen LogP contribution in [0.4, 0.5) is 11.5 Å². The lowest BCUT2D eigenvalue weighted by Gasteiger charge is -2.19. The molecule has 1 amide bonds. The van der Waals surface area contributed by atoms with Gasteiger partial charge in [0.05, 0.1) is 11.1 Å². The fourth-order valence-corrected chi connectivity index (χ4v) is 3.86. The molecule has 0 saturated heterocycles. The second-order valence-corrected chi connectivity index (χ2v) is 8.25. The average molecular weight is 416 g/mol. The molecular formula is C15H18ClN5O5S. The van der Waals surface area contributed by atoms with E-state index in [1.807, 2.05) is 13.8 Å². The Morgan fingerprint density at radius 2 is 2.07 bits per heavy atom. The van der Waals surface area contributed by atoms with Gasteiger partial charge in [-0.2, -0.15) is 9.82 Å². The molecule has 0 spiro atoms. The Morgan fingerprint density at radius 3 is 2.63 bits per heavy atom. The summed E-state index contributed by atoms with van der Waals surface area (Å²) in [5.74, 6) is -0.344. The van der Waals surface area contributed by atoms with E-state index in [1.54, 1.807) is 0 Å². The lowest BCUT2D eigenvalue weighted by molar-refractivity contribution is -0.387. The molecule has 146 valence electrons. The van der Waals surface area contributed by atoms with Crippen LogP contribution < -0.4 is 10.0 Å². The van der Waals surface area contributed by atoms with Crippen molar-refractivity contribution in [2.45, 2.75) is 31.2 Å². The molecule has 12 heteroatoms. The van der Waals surface area contributed by atoms with Crippen LogP contribution in [0.5, 0.6) is 0 Å². The molecule has 0 aliphatic heterocycles. The maximum Gasteiger partial charge on any atom is 0.290 e. The minimum absolute atomic E-state index is 0.0228. The first-order valence-corrected chi connectivity index (χ1v) is 9.72. The van der Waals surface area contributed by atoms with Gasteiger partial charge in [-0.25, -0.2) is 8.42 Å². The zero-order valence-corrected chi connectivity index (χ0v) is 16.0. The first-order chi connectivity index (χ1) is 12.6. The van der Waals surface area contributed by atoms with Crippen molar-refractivity contribution < 1.29 is 18.1 Å². The van der Waals surface area contributed by atoms with Crippen LogP contribution in [0.15, 0.2) is 35.4 Å². The maximum atomic E-state index is 12.7. The van der Waals surface area contributed by atoms with Gasteiger partial charge >= 0.3 is 0 Å². The summed E-state index contributed by atoms with van der Waals surface area (Å²) in [7, 11) is -4.36. The highest BCUT2D eigenvalue weighted by molar-refractivity contribution is 7.89. The van der Waals surface area contributed by atoms with Crippen molar-refractivity contribution in [1.29, 1.82) is 0 Å². The minimum atomic E-state index is -4.36. The van der Waals surface area contributed by atoms with Crippen LogP contribution in [0, 0.1) is 16.0 Å². The molecule has 0 aliphatic rings. The Labute approximate surface area is 160 Å². The van der Waals surface area contributed by atoms with E-state index in [9.17, 15) is 23.3 Å². The van der Waals surface area contributed by atoms with E-state index in [1.165, 1.54) is 18.3 Å². The number of nitrogens with zero attached hydrogens (tertiary/aromatic N) is 2. The third-order valence-electron chi connectivity index (χ3n) is 3.49. The monoisotopic (exact) mass is 415 g/mol. The summed E-state index contributed by atoms with van der Waals surface area (Å²) in [5.41, 5.74) is -0.674. The highest BCUT2D eigenvalue weighted by Crippen LogP contribution is 2.27. The normalized spacial score (nSPS) is 12.7. The molecule has 1 aromatic heterocycles. The van der Waals surface area contributed by atoms with Crippen LogP contribution in [0.3, 0.4) is 0 Å². The van der Waals surface area contributed by atoms with Gasteiger partial charge in [0.2, 0.25) is 15.9 Å². The van der Waals surface area contributed by atoms with E-state index in [0.29, 0.717) is 5.82 Å². The Hall–Kier alpha value is -2.50. The third-order valence-corrected chi connectivity index (χ3v) is 5.24. The zero-order valence-electron chi connectivity index (χ0n) is 14.5. The second kappa shape index (κ2) is 8.46. The van der Waals surface area contributed by atoms with E-state index in [4.69, 9.17) is 11.6 Å². The lowest BCUT2D eigenvalue weighted by Crippen LogP contribution is -2.44. The molecule has 0 radical (unpaired) electrons. The van der Waals surface area contributed by atoms with E-state index >= 15 is 0 Å². The summed E-state index contributed by atoms with van der Waals surface area (Å²) in [5, 5.41) is 20.0. The Balaban J connectivity index is 2.33. The Bertz CT molecular complexity index is 930. The predicted octanol–water partition coefficient (Wildman–Crippen LogP) is 2.30. The van der Waals surface area contributed by atoms with E-state index in [2.05, 4.69) is 20.2 Å². The van der Waals surface area contributed by atoms with Crippen molar-refractivity contribution >= 4 is 39.0 Å². The van der Waals surface area contributed by atoms with Gasteiger partial charge in [0.1, 0.15) is 11.9 Å². The van der Waals surface area contributed by atoms with Gasteiger partial charge in [-0.15, -0.1) is 0 Å². The van der Waals surface area contributed by atoms with Crippen molar-refractivity contribution in [2.75, 3.05) is 5.32 Å². The minimum Gasteiger partial charge on any atom is -0.310 e. The van der Waals surface area contributed by atoms with E-state index in [-0.39, 0.29) is 17.4 Å². The number of nitro benzene ring substituents is 1. The molecule has 0 saturated carbocycles. The summed E-state index contributed by atoms with van der Waals surface area (Å²) in [6.07, 6.45) is 1.61. The van der Waals surface area contributed by atoms with Crippen LogP contribution in [-0.4, -0.2) is 35.5 Å². The van der Waals surface area contributed by atoms with Crippen molar-refractivity contribution in [3.05, 3.63) is 45.6 Å². The van der Waals surface area contributed by atoms with Crippen LogP contribution in [-0.2, 0) is 14.8 Å². The molecule has 1 atom stereocenters. The van der Waals surface area contributed by atoms with Gasteiger partial charge in [-0.05, 0) is 24.5 Å². The maximum absolute atomic E-state index is 12.7. The fraction of sp³-hybridized carbons (Fsp3) is 0.333. The number of halogens is 1. The topological polar surface area (TPSA) is 147 Å².